The SMILES string of the molecule is CC(NC1(CNC2=NCCCN2)CCOCC1)c1ccccc1.I. The smallest absolute Gasteiger partial charge is 0.191 e. The van der Waals surface area contributed by atoms with Gasteiger partial charge in [-0.25, -0.2) is 0 Å². The van der Waals surface area contributed by atoms with E-state index < -0.39 is 0 Å². The first-order valence-corrected chi connectivity index (χ1v) is 8.70. The van der Waals surface area contributed by atoms with Gasteiger partial charge in [-0.2, -0.15) is 0 Å². The predicted octanol–water partition coefficient (Wildman–Crippen LogP) is 2.44. The minimum Gasteiger partial charge on any atom is -0.381 e. The summed E-state index contributed by atoms with van der Waals surface area (Å²) < 4.78 is 5.59. The number of nitrogens with one attached hydrogen (secondary N) is 3. The van der Waals surface area contributed by atoms with Crippen LogP contribution in [0.2, 0.25) is 0 Å². The number of halogens is 1. The van der Waals surface area contributed by atoms with Gasteiger partial charge in [-0.3, -0.25) is 4.99 Å². The second-order valence-electron chi connectivity index (χ2n) is 6.53. The fourth-order valence-corrected chi connectivity index (χ4v) is 3.32. The van der Waals surface area contributed by atoms with E-state index in [-0.39, 0.29) is 29.5 Å². The largest absolute Gasteiger partial charge is 0.381 e. The Labute approximate surface area is 162 Å². The number of hydrogen-bond acceptors (Lipinski definition) is 5. The van der Waals surface area contributed by atoms with Gasteiger partial charge in [0.15, 0.2) is 5.96 Å². The molecule has 0 spiro atoms. The molecule has 0 amide bonds. The lowest BCUT2D eigenvalue weighted by atomic mass is 9.88. The molecule has 2 aliphatic rings. The molecule has 0 saturated carbocycles. The van der Waals surface area contributed by atoms with Crippen molar-refractivity contribution in [1.82, 2.24) is 16.0 Å². The fraction of sp³-hybridized carbons (Fsp3) is 0.611. The Morgan fingerprint density at radius 2 is 2.00 bits per heavy atom. The summed E-state index contributed by atoms with van der Waals surface area (Å²) in [7, 11) is 0. The molecule has 0 aromatic heterocycles. The maximum absolute atomic E-state index is 5.59. The molecule has 1 atom stereocenters. The third-order valence-corrected chi connectivity index (χ3v) is 4.76. The molecule has 1 unspecified atom stereocenters. The van der Waals surface area contributed by atoms with Crippen molar-refractivity contribution in [2.24, 2.45) is 4.99 Å². The number of aliphatic imine (C=N–C) groups is 1. The van der Waals surface area contributed by atoms with Gasteiger partial charge in [0.2, 0.25) is 0 Å². The van der Waals surface area contributed by atoms with Crippen LogP contribution in [0, 0.1) is 0 Å². The first-order valence-electron chi connectivity index (χ1n) is 8.70. The molecule has 1 aromatic carbocycles. The zero-order valence-corrected chi connectivity index (χ0v) is 16.7. The van der Waals surface area contributed by atoms with Gasteiger partial charge in [0.05, 0.1) is 0 Å². The lowest BCUT2D eigenvalue weighted by Gasteiger charge is -2.41. The van der Waals surface area contributed by atoms with Gasteiger partial charge in [0.1, 0.15) is 0 Å². The number of hydrogen-bond donors (Lipinski definition) is 3. The minimum absolute atomic E-state index is 0. The highest BCUT2D eigenvalue weighted by Gasteiger charge is 2.34. The van der Waals surface area contributed by atoms with E-state index in [4.69, 9.17) is 4.74 Å². The minimum atomic E-state index is 0. The van der Waals surface area contributed by atoms with Crippen LogP contribution >= 0.6 is 24.0 Å². The molecule has 134 valence electrons. The van der Waals surface area contributed by atoms with E-state index in [0.717, 1.165) is 58.1 Å². The molecule has 0 radical (unpaired) electrons. The Morgan fingerprint density at radius 1 is 1.25 bits per heavy atom. The first kappa shape index (κ1) is 19.5. The molecule has 1 fully saturated rings. The van der Waals surface area contributed by atoms with Crippen LogP contribution in [0.3, 0.4) is 0 Å². The van der Waals surface area contributed by atoms with Crippen molar-refractivity contribution >= 4 is 29.9 Å². The molecule has 5 nitrogen and oxygen atoms in total. The van der Waals surface area contributed by atoms with Crippen LogP contribution in [-0.2, 0) is 4.74 Å². The molecule has 2 aliphatic heterocycles. The molecule has 1 aromatic rings. The first-order chi connectivity index (χ1) is 11.3. The molecular formula is C18H29IN4O. The molecule has 2 heterocycles. The Hall–Kier alpha value is -0.860. The van der Waals surface area contributed by atoms with Gasteiger partial charge in [-0.1, -0.05) is 30.3 Å². The third-order valence-electron chi connectivity index (χ3n) is 4.76. The standard InChI is InChI=1S/C18H28N4O.HI/c1-15(16-6-3-2-4-7-16)22-18(8-12-23-13-9-18)14-21-17-19-10-5-11-20-17;/h2-4,6-7,15,22H,5,8-14H2,1H3,(H2,19,20,21);1H. The van der Waals surface area contributed by atoms with Crippen LogP contribution in [0.1, 0.15) is 37.8 Å². The summed E-state index contributed by atoms with van der Waals surface area (Å²) in [5.74, 6) is 0.941. The van der Waals surface area contributed by atoms with Crippen LogP contribution < -0.4 is 16.0 Å². The molecule has 1 saturated heterocycles. The number of rotatable bonds is 5. The number of guanidine groups is 1. The van der Waals surface area contributed by atoms with Gasteiger partial charge in [0.25, 0.3) is 0 Å². The van der Waals surface area contributed by atoms with Gasteiger partial charge in [-0.05, 0) is 31.7 Å². The van der Waals surface area contributed by atoms with E-state index in [1.165, 1.54) is 5.56 Å². The van der Waals surface area contributed by atoms with Crippen molar-refractivity contribution < 1.29 is 4.74 Å². The van der Waals surface area contributed by atoms with E-state index in [1.807, 2.05) is 0 Å². The summed E-state index contributed by atoms with van der Waals surface area (Å²) in [6, 6.07) is 11.0. The zero-order chi connectivity index (χ0) is 16.0. The van der Waals surface area contributed by atoms with Crippen molar-refractivity contribution in [3.63, 3.8) is 0 Å². The highest BCUT2D eigenvalue weighted by atomic mass is 127. The van der Waals surface area contributed by atoms with Gasteiger partial charge in [0, 0.05) is 44.4 Å². The number of benzene rings is 1. The van der Waals surface area contributed by atoms with Crippen molar-refractivity contribution in [3.05, 3.63) is 35.9 Å². The quantitative estimate of drug-likeness (QED) is 0.611. The molecular weight excluding hydrogens is 415 g/mol. The van der Waals surface area contributed by atoms with Crippen LogP contribution in [0.5, 0.6) is 0 Å². The second kappa shape index (κ2) is 9.58. The number of nitrogens with zero attached hydrogens (tertiary/aromatic N) is 1. The Kier molecular flexibility index (Phi) is 7.77. The van der Waals surface area contributed by atoms with E-state index in [2.05, 4.69) is 58.2 Å². The third kappa shape index (κ3) is 5.32. The van der Waals surface area contributed by atoms with E-state index in [9.17, 15) is 0 Å². The Bertz CT molecular complexity index is 517. The normalized spacial score (nSPS) is 21.0. The van der Waals surface area contributed by atoms with Crippen LogP contribution in [-0.4, -0.2) is 44.3 Å². The molecule has 3 rings (SSSR count). The van der Waals surface area contributed by atoms with Crippen molar-refractivity contribution in [2.75, 3.05) is 32.8 Å². The van der Waals surface area contributed by atoms with Crippen LogP contribution in [0.15, 0.2) is 35.3 Å². The Morgan fingerprint density at radius 3 is 2.67 bits per heavy atom. The average molecular weight is 444 g/mol. The summed E-state index contributed by atoms with van der Waals surface area (Å²) >= 11 is 0. The lowest BCUT2D eigenvalue weighted by molar-refractivity contribution is 0.0354. The Balaban J connectivity index is 0.00000208. The van der Waals surface area contributed by atoms with Crippen molar-refractivity contribution in [3.8, 4) is 0 Å². The van der Waals surface area contributed by atoms with Crippen LogP contribution in [0.25, 0.3) is 0 Å². The van der Waals surface area contributed by atoms with Crippen molar-refractivity contribution in [2.45, 2.75) is 37.8 Å². The number of ether oxygens (including phenoxy) is 1. The molecule has 0 aliphatic carbocycles. The van der Waals surface area contributed by atoms with Gasteiger partial charge < -0.3 is 20.7 Å². The topological polar surface area (TPSA) is 57.7 Å². The molecule has 24 heavy (non-hydrogen) atoms. The predicted molar refractivity (Wildman–Crippen MR) is 109 cm³/mol. The average Bonchev–Trinajstić information content (AvgIpc) is 2.62. The van der Waals surface area contributed by atoms with E-state index in [0.29, 0.717) is 6.04 Å². The van der Waals surface area contributed by atoms with Gasteiger partial charge in [-0.15, -0.1) is 24.0 Å². The van der Waals surface area contributed by atoms with Crippen molar-refractivity contribution in [1.29, 1.82) is 0 Å². The monoisotopic (exact) mass is 444 g/mol. The summed E-state index contributed by atoms with van der Waals surface area (Å²) in [5.41, 5.74) is 1.38. The maximum Gasteiger partial charge on any atom is 0.191 e. The molecule has 6 heteroatoms. The second-order valence-corrected chi connectivity index (χ2v) is 6.53. The fourth-order valence-electron chi connectivity index (χ4n) is 3.32. The zero-order valence-electron chi connectivity index (χ0n) is 14.4. The summed E-state index contributed by atoms with van der Waals surface area (Å²) in [6.45, 7) is 6.67. The van der Waals surface area contributed by atoms with E-state index >= 15 is 0 Å². The highest BCUT2D eigenvalue weighted by molar-refractivity contribution is 14.0. The summed E-state index contributed by atoms with van der Waals surface area (Å²) in [4.78, 5) is 4.52. The summed E-state index contributed by atoms with van der Waals surface area (Å²) in [6.07, 6.45) is 3.16. The van der Waals surface area contributed by atoms with Crippen LogP contribution in [0.4, 0.5) is 0 Å². The molecule has 3 N–H and O–H groups in total. The summed E-state index contributed by atoms with van der Waals surface area (Å²) in [5, 5.41) is 10.7. The lowest BCUT2D eigenvalue weighted by Crippen LogP contribution is -2.58. The van der Waals surface area contributed by atoms with E-state index in [1.54, 1.807) is 0 Å². The molecule has 0 bridgehead atoms. The highest BCUT2D eigenvalue weighted by Crippen LogP contribution is 2.25. The van der Waals surface area contributed by atoms with Gasteiger partial charge >= 0.3 is 0 Å². The maximum atomic E-state index is 5.59.